The van der Waals surface area contributed by atoms with E-state index < -0.39 is 0 Å². The van der Waals surface area contributed by atoms with E-state index in [1.807, 2.05) is 48.5 Å². The zero-order chi connectivity index (χ0) is 22.6. The van der Waals surface area contributed by atoms with Gasteiger partial charge in [0.1, 0.15) is 11.5 Å². The molecular formula is C25H31N3O3S. The summed E-state index contributed by atoms with van der Waals surface area (Å²) >= 11 is 1.40. The van der Waals surface area contributed by atoms with Crippen molar-refractivity contribution < 1.29 is 14.3 Å². The molecule has 0 radical (unpaired) electrons. The molecule has 1 N–H and O–H groups in total. The Morgan fingerprint density at radius 1 is 1.06 bits per heavy atom. The molecule has 0 saturated carbocycles. The van der Waals surface area contributed by atoms with Crippen molar-refractivity contribution in [3.05, 3.63) is 59.7 Å². The molecule has 2 aromatic carbocycles. The van der Waals surface area contributed by atoms with Gasteiger partial charge in [0.2, 0.25) is 5.91 Å². The van der Waals surface area contributed by atoms with E-state index in [0.717, 1.165) is 35.7 Å². The van der Waals surface area contributed by atoms with Crippen molar-refractivity contribution in [2.24, 2.45) is 10.2 Å². The number of nitrogens with one attached hydrogen (secondary N) is 1. The van der Waals surface area contributed by atoms with Crippen LogP contribution in [0.4, 0.5) is 0 Å². The summed E-state index contributed by atoms with van der Waals surface area (Å²) in [6.07, 6.45) is 8.41. The Bertz CT molecular complexity index is 928. The second-order valence-electron chi connectivity index (χ2n) is 7.63. The van der Waals surface area contributed by atoms with Crippen LogP contribution in [0.5, 0.6) is 11.5 Å². The van der Waals surface area contributed by atoms with Gasteiger partial charge in [-0.2, -0.15) is 5.10 Å². The Kier molecular flexibility index (Phi) is 9.62. The second-order valence-corrected chi connectivity index (χ2v) is 8.82. The van der Waals surface area contributed by atoms with Gasteiger partial charge in [0, 0.05) is 0 Å². The summed E-state index contributed by atoms with van der Waals surface area (Å²) in [5.74, 6) is 1.60. The van der Waals surface area contributed by atoms with Gasteiger partial charge in [-0.15, -0.1) is 5.10 Å². The lowest BCUT2D eigenvalue weighted by Crippen LogP contribution is -2.25. The second kappa shape index (κ2) is 12.9. The highest BCUT2D eigenvalue weighted by Gasteiger charge is 2.30. The fourth-order valence-corrected chi connectivity index (χ4v) is 4.26. The topological polar surface area (TPSA) is 72.3 Å². The Labute approximate surface area is 194 Å². The first-order valence-electron chi connectivity index (χ1n) is 11.1. The van der Waals surface area contributed by atoms with E-state index in [9.17, 15) is 4.79 Å². The van der Waals surface area contributed by atoms with E-state index in [1.165, 1.54) is 37.4 Å². The number of hydrogen-bond acceptors (Lipinski definition) is 6. The van der Waals surface area contributed by atoms with Gasteiger partial charge in [-0.25, -0.2) is 0 Å². The smallest absolute Gasteiger partial charge is 0.239 e. The minimum Gasteiger partial charge on any atom is -0.497 e. The summed E-state index contributed by atoms with van der Waals surface area (Å²) in [5.41, 5.74) is 1.97. The molecule has 1 saturated heterocycles. The summed E-state index contributed by atoms with van der Waals surface area (Å²) in [6.45, 7) is 2.97. The summed E-state index contributed by atoms with van der Waals surface area (Å²) in [6, 6.07) is 15.5. The molecule has 7 heteroatoms. The average molecular weight is 454 g/mol. The third-order valence-electron chi connectivity index (χ3n) is 5.08. The quantitative estimate of drug-likeness (QED) is 0.272. The summed E-state index contributed by atoms with van der Waals surface area (Å²) in [5, 5.41) is 11.4. The molecule has 1 aliphatic heterocycles. The minimum absolute atomic E-state index is 0.0528. The van der Waals surface area contributed by atoms with Crippen molar-refractivity contribution in [1.29, 1.82) is 0 Å². The van der Waals surface area contributed by atoms with Crippen LogP contribution in [0.1, 0.15) is 50.2 Å². The highest BCUT2D eigenvalue weighted by atomic mass is 32.2. The third-order valence-corrected chi connectivity index (χ3v) is 6.16. The normalized spacial score (nSPS) is 17.1. The van der Waals surface area contributed by atoms with E-state index >= 15 is 0 Å². The molecule has 2 aromatic rings. The first-order chi connectivity index (χ1) is 15.7. The number of benzene rings is 2. The maximum Gasteiger partial charge on any atom is 0.239 e. The lowest BCUT2D eigenvalue weighted by Gasteiger charge is -2.07. The van der Waals surface area contributed by atoms with Crippen molar-refractivity contribution in [2.45, 2.75) is 50.7 Å². The predicted molar refractivity (Wildman–Crippen MR) is 132 cm³/mol. The van der Waals surface area contributed by atoms with Crippen LogP contribution in [0.25, 0.3) is 0 Å². The summed E-state index contributed by atoms with van der Waals surface area (Å²) in [4.78, 5) is 12.3. The molecule has 170 valence electrons. The molecule has 3 rings (SSSR count). The third kappa shape index (κ3) is 7.71. The lowest BCUT2D eigenvalue weighted by molar-refractivity contribution is -0.118. The summed E-state index contributed by atoms with van der Waals surface area (Å²) < 4.78 is 11.0. The molecule has 32 heavy (non-hydrogen) atoms. The maximum absolute atomic E-state index is 12.3. The van der Waals surface area contributed by atoms with Gasteiger partial charge >= 0.3 is 0 Å². The SMILES string of the molecule is CCCCCCCOc1ccc(C=N/N=C2\NC(=O)C(Cc3cccc(OC)c3)S2)cc1. The first-order valence-corrected chi connectivity index (χ1v) is 12.0. The molecule has 0 bridgehead atoms. The van der Waals surface area contributed by atoms with Crippen molar-refractivity contribution in [2.75, 3.05) is 13.7 Å². The number of rotatable bonds is 12. The number of ether oxygens (including phenoxy) is 2. The molecule has 1 heterocycles. The number of unbranched alkanes of at least 4 members (excludes halogenated alkanes) is 4. The number of amides is 1. The van der Waals surface area contributed by atoms with Gasteiger partial charge < -0.3 is 14.8 Å². The van der Waals surface area contributed by atoms with E-state index in [4.69, 9.17) is 9.47 Å². The highest BCUT2D eigenvalue weighted by molar-refractivity contribution is 8.15. The number of thioether (sulfide) groups is 1. The fraction of sp³-hybridized carbons (Fsp3) is 0.400. The zero-order valence-electron chi connectivity index (χ0n) is 18.8. The highest BCUT2D eigenvalue weighted by Crippen LogP contribution is 2.25. The lowest BCUT2D eigenvalue weighted by atomic mass is 10.1. The molecule has 0 aliphatic carbocycles. The molecule has 0 spiro atoms. The van der Waals surface area contributed by atoms with Crippen molar-refractivity contribution >= 4 is 29.1 Å². The summed E-state index contributed by atoms with van der Waals surface area (Å²) in [7, 11) is 1.63. The molecule has 0 aromatic heterocycles. The van der Waals surface area contributed by atoms with Crippen molar-refractivity contribution in [3.63, 3.8) is 0 Å². The standard InChI is InChI=1S/C25H31N3O3S/c1-3-4-5-6-7-15-31-21-13-11-19(12-14-21)18-26-28-25-27-24(29)23(32-25)17-20-9-8-10-22(16-20)30-2/h8-14,16,18,23H,3-7,15,17H2,1-2H3,(H,27,28,29). The molecule has 6 nitrogen and oxygen atoms in total. The van der Waals surface area contributed by atoms with Crippen LogP contribution in [0, 0.1) is 0 Å². The van der Waals surface area contributed by atoms with E-state index in [0.29, 0.717) is 11.6 Å². The maximum atomic E-state index is 12.3. The molecule has 1 aliphatic rings. The number of nitrogens with zero attached hydrogens (tertiary/aromatic N) is 2. The van der Waals surface area contributed by atoms with Crippen LogP contribution >= 0.6 is 11.8 Å². The van der Waals surface area contributed by atoms with Crippen LogP contribution in [-0.4, -0.2) is 36.3 Å². The number of methoxy groups -OCH3 is 1. The molecule has 1 fully saturated rings. The van der Waals surface area contributed by atoms with E-state index in [2.05, 4.69) is 22.4 Å². The van der Waals surface area contributed by atoms with Crippen molar-refractivity contribution in [3.8, 4) is 11.5 Å². The van der Waals surface area contributed by atoms with Crippen LogP contribution in [0.2, 0.25) is 0 Å². The van der Waals surface area contributed by atoms with E-state index in [1.54, 1.807) is 13.3 Å². The Morgan fingerprint density at radius 2 is 1.88 bits per heavy atom. The molecular weight excluding hydrogens is 422 g/mol. The largest absolute Gasteiger partial charge is 0.497 e. The fourth-order valence-electron chi connectivity index (χ4n) is 3.29. The predicted octanol–water partition coefficient (Wildman–Crippen LogP) is 5.21. The number of carbonyl (C=O) groups is 1. The minimum atomic E-state index is -0.227. The molecule has 1 amide bonds. The average Bonchev–Trinajstić information content (AvgIpc) is 3.16. The van der Waals surface area contributed by atoms with E-state index in [-0.39, 0.29) is 11.2 Å². The Hall–Kier alpha value is -2.80. The number of hydrogen-bond donors (Lipinski definition) is 1. The monoisotopic (exact) mass is 453 g/mol. The number of amidine groups is 1. The van der Waals surface area contributed by atoms with Crippen LogP contribution < -0.4 is 14.8 Å². The van der Waals surface area contributed by atoms with Crippen LogP contribution in [0.3, 0.4) is 0 Å². The van der Waals surface area contributed by atoms with Crippen molar-refractivity contribution in [1.82, 2.24) is 5.32 Å². The van der Waals surface area contributed by atoms with Gasteiger partial charge in [0.15, 0.2) is 5.17 Å². The van der Waals surface area contributed by atoms with Gasteiger partial charge in [0.05, 0.1) is 25.2 Å². The van der Waals surface area contributed by atoms with Gasteiger partial charge in [-0.1, -0.05) is 56.5 Å². The van der Waals surface area contributed by atoms with Gasteiger partial charge in [-0.05, 0) is 60.4 Å². The van der Waals surface area contributed by atoms with Crippen LogP contribution in [0.15, 0.2) is 58.7 Å². The number of carbonyl (C=O) groups excluding carboxylic acids is 1. The zero-order valence-corrected chi connectivity index (χ0v) is 19.6. The molecule has 1 unspecified atom stereocenters. The Morgan fingerprint density at radius 3 is 2.66 bits per heavy atom. The van der Waals surface area contributed by atoms with Gasteiger partial charge in [-0.3, -0.25) is 4.79 Å². The van der Waals surface area contributed by atoms with Crippen LogP contribution in [-0.2, 0) is 11.2 Å². The van der Waals surface area contributed by atoms with Gasteiger partial charge in [0.25, 0.3) is 0 Å². The molecule has 1 atom stereocenters. The first kappa shape index (κ1) is 23.9. The Balaban J connectivity index is 1.45.